The maximum atomic E-state index is 6.41. The van der Waals surface area contributed by atoms with E-state index < -0.39 is 0 Å². The van der Waals surface area contributed by atoms with Crippen molar-refractivity contribution in [1.82, 2.24) is 0 Å². The van der Waals surface area contributed by atoms with E-state index in [0.29, 0.717) is 0 Å². The summed E-state index contributed by atoms with van der Waals surface area (Å²) in [7, 11) is 0. The van der Waals surface area contributed by atoms with Gasteiger partial charge in [-0.2, -0.15) is 0 Å². The summed E-state index contributed by atoms with van der Waals surface area (Å²) in [6.07, 6.45) is 0. The average molecular weight is 672 g/mol. The fourth-order valence-corrected chi connectivity index (χ4v) is 9.40. The van der Waals surface area contributed by atoms with E-state index in [1.807, 2.05) is 0 Å². The molecule has 0 atom stereocenters. The van der Waals surface area contributed by atoms with E-state index in [9.17, 15) is 0 Å². The molecular weight excluding hydrogens is 631 g/mol. The molecule has 2 aliphatic carbocycles. The summed E-state index contributed by atoms with van der Waals surface area (Å²) < 4.78 is 6.41. The zero-order valence-corrected chi connectivity index (χ0v) is 30.6. The van der Waals surface area contributed by atoms with Crippen molar-refractivity contribution in [3.63, 3.8) is 0 Å². The lowest BCUT2D eigenvalue weighted by molar-refractivity contribution is 0.660. The van der Waals surface area contributed by atoms with Crippen molar-refractivity contribution >= 4 is 39.0 Å². The third-order valence-electron chi connectivity index (χ3n) is 12.0. The Morgan fingerprint density at radius 1 is 0.462 bits per heavy atom. The van der Waals surface area contributed by atoms with Crippen molar-refractivity contribution in [3.8, 4) is 33.4 Å². The zero-order valence-electron chi connectivity index (χ0n) is 30.6. The van der Waals surface area contributed by atoms with E-state index in [1.54, 1.807) is 0 Å². The predicted molar refractivity (Wildman–Crippen MR) is 218 cm³/mol. The third kappa shape index (κ3) is 4.30. The van der Waals surface area contributed by atoms with E-state index in [0.717, 1.165) is 39.2 Å². The Balaban J connectivity index is 1.20. The van der Waals surface area contributed by atoms with Crippen molar-refractivity contribution < 1.29 is 4.42 Å². The first kappa shape index (κ1) is 30.9. The van der Waals surface area contributed by atoms with Gasteiger partial charge in [-0.3, -0.25) is 0 Å². The van der Waals surface area contributed by atoms with E-state index in [4.69, 9.17) is 4.42 Å². The molecule has 1 aromatic heterocycles. The highest BCUT2D eigenvalue weighted by atomic mass is 16.3. The minimum Gasteiger partial charge on any atom is -0.456 e. The standard InChI is InChI=1S/C50H41NO/c1-30-25-31(2)48-41(26-30)40-27-32(19-24-47(40)52-48)35-13-9-12-18-46(35)51(33-20-22-38-36-14-7-10-16-42(36)49(3,4)44(38)28-33)34-21-23-39-37-15-8-11-17-43(37)50(5,6)45(39)29-34/h7-29H,1-6H3. The molecule has 2 aliphatic rings. The van der Waals surface area contributed by atoms with Crippen LogP contribution in [0.15, 0.2) is 144 Å². The summed E-state index contributed by atoms with van der Waals surface area (Å²) in [5.41, 5.74) is 20.7. The maximum absolute atomic E-state index is 6.41. The molecular formula is C50H41NO. The second kappa shape index (κ2) is 10.8. The lowest BCUT2D eigenvalue weighted by Crippen LogP contribution is -2.18. The quantitative estimate of drug-likeness (QED) is 0.185. The summed E-state index contributed by atoms with van der Waals surface area (Å²) in [5, 5.41) is 2.32. The normalized spacial score (nSPS) is 14.7. The van der Waals surface area contributed by atoms with Gasteiger partial charge >= 0.3 is 0 Å². The number of rotatable bonds is 4. The zero-order chi connectivity index (χ0) is 35.5. The molecule has 0 unspecified atom stereocenters. The van der Waals surface area contributed by atoms with Crippen molar-refractivity contribution in [1.29, 1.82) is 0 Å². The van der Waals surface area contributed by atoms with Crippen LogP contribution in [0.3, 0.4) is 0 Å². The number of anilines is 3. The number of hydrogen-bond acceptors (Lipinski definition) is 2. The molecule has 10 rings (SSSR count). The predicted octanol–water partition coefficient (Wildman–Crippen LogP) is 14.0. The summed E-state index contributed by atoms with van der Waals surface area (Å²) in [5.74, 6) is 0. The van der Waals surface area contributed by atoms with Crippen LogP contribution in [-0.2, 0) is 10.8 Å². The molecule has 2 nitrogen and oxygen atoms in total. The molecule has 7 aromatic carbocycles. The van der Waals surface area contributed by atoms with Gasteiger partial charge in [0.2, 0.25) is 0 Å². The molecule has 0 bridgehead atoms. The number of hydrogen-bond donors (Lipinski definition) is 0. The Morgan fingerprint density at radius 2 is 1.00 bits per heavy atom. The Labute approximate surface area is 306 Å². The van der Waals surface area contributed by atoms with Gasteiger partial charge in [-0.25, -0.2) is 0 Å². The van der Waals surface area contributed by atoms with Gasteiger partial charge in [-0.15, -0.1) is 0 Å². The summed E-state index contributed by atoms with van der Waals surface area (Å²) in [6.45, 7) is 13.8. The molecule has 0 spiro atoms. The molecule has 1 heterocycles. The van der Waals surface area contributed by atoms with Gasteiger partial charge in [0.25, 0.3) is 0 Å². The van der Waals surface area contributed by atoms with Crippen LogP contribution in [-0.4, -0.2) is 0 Å². The first-order valence-electron chi connectivity index (χ1n) is 18.4. The molecule has 0 aliphatic heterocycles. The summed E-state index contributed by atoms with van der Waals surface area (Å²) >= 11 is 0. The van der Waals surface area contributed by atoms with Gasteiger partial charge in [0.1, 0.15) is 11.2 Å². The van der Waals surface area contributed by atoms with Crippen LogP contribution >= 0.6 is 0 Å². The molecule has 0 amide bonds. The highest BCUT2D eigenvalue weighted by molar-refractivity contribution is 6.08. The van der Waals surface area contributed by atoms with Gasteiger partial charge in [0.05, 0.1) is 5.69 Å². The van der Waals surface area contributed by atoms with Crippen molar-refractivity contribution in [2.45, 2.75) is 52.4 Å². The first-order chi connectivity index (χ1) is 25.1. The van der Waals surface area contributed by atoms with E-state index in [2.05, 4.69) is 186 Å². The Kier molecular flexibility index (Phi) is 6.44. The molecule has 2 heteroatoms. The van der Waals surface area contributed by atoms with Crippen LogP contribution in [0.1, 0.15) is 61.1 Å². The number of aryl methyl sites for hydroxylation is 2. The fraction of sp³-hybridized carbons (Fsp3) is 0.160. The van der Waals surface area contributed by atoms with Crippen LogP contribution in [0.5, 0.6) is 0 Å². The van der Waals surface area contributed by atoms with Crippen LogP contribution in [0.2, 0.25) is 0 Å². The number of fused-ring (bicyclic) bond motifs is 9. The smallest absolute Gasteiger partial charge is 0.138 e. The van der Waals surface area contributed by atoms with Crippen molar-refractivity contribution in [3.05, 3.63) is 173 Å². The molecule has 52 heavy (non-hydrogen) atoms. The van der Waals surface area contributed by atoms with Crippen LogP contribution in [0, 0.1) is 13.8 Å². The largest absolute Gasteiger partial charge is 0.456 e. The Hall–Kier alpha value is -5.86. The van der Waals surface area contributed by atoms with Crippen LogP contribution in [0.25, 0.3) is 55.3 Å². The first-order valence-corrected chi connectivity index (χ1v) is 18.4. The minimum absolute atomic E-state index is 0.113. The van der Waals surface area contributed by atoms with E-state index in [-0.39, 0.29) is 10.8 Å². The lowest BCUT2D eigenvalue weighted by Gasteiger charge is -2.31. The molecule has 252 valence electrons. The highest BCUT2D eigenvalue weighted by Gasteiger charge is 2.38. The fourth-order valence-electron chi connectivity index (χ4n) is 9.40. The molecule has 0 saturated carbocycles. The van der Waals surface area contributed by atoms with Crippen molar-refractivity contribution in [2.75, 3.05) is 4.90 Å². The Morgan fingerprint density at radius 3 is 1.62 bits per heavy atom. The van der Waals surface area contributed by atoms with E-state index in [1.165, 1.54) is 66.6 Å². The van der Waals surface area contributed by atoms with Gasteiger partial charge in [0.15, 0.2) is 0 Å². The summed E-state index contributed by atoms with van der Waals surface area (Å²) in [6, 6.07) is 52.0. The number of furan rings is 1. The minimum atomic E-state index is -0.113. The second-order valence-electron chi connectivity index (χ2n) is 15.9. The topological polar surface area (TPSA) is 16.4 Å². The number of benzene rings is 7. The lowest BCUT2D eigenvalue weighted by atomic mass is 9.82. The Bertz CT molecular complexity index is 2670. The van der Waals surface area contributed by atoms with Gasteiger partial charge in [0, 0.05) is 38.5 Å². The SMILES string of the molecule is Cc1cc(C)c2oc3ccc(-c4ccccc4N(c4ccc5c(c4)C(C)(C)c4ccccc4-5)c4ccc5c(c4)C(C)(C)c4ccccc4-5)cc3c2c1. The summed E-state index contributed by atoms with van der Waals surface area (Å²) in [4.78, 5) is 2.49. The highest BCUT2D eigenvalue weighted by Crippen LogP contribution is 2.54. The maximum Gasteiger partial charge on any atom is 0.138 e. The van der Waals surface area contributed by atoms with Gasteiger partial charge in [-0.05, 0) is 124 Å². The third-order valence-corrected chi connectivity index (χ3v) is 12.0. The molecule has 0 N–H and O–H groups in total. The van der Waals surface area contributed by atoms with Crippen LogP contribution < -0.4 is 4.90 Å². The average Bonchev–Trinajstić information content (AvgIpc) is 3.71. The van der Waals surface area contributed by atoms with Gasteiger partial charge in [-0.1, -0.05) is 119 Å². The number of nitrogens with zero attached hydrogens (tertiary/aromatic N) is 1. The van der Waals surface area contributed by atoms with E-state index >= 15 is 0 Å². The molecule has 0 saturated heterocycles. The second-order valence-corrected chi connectivity index (χ2v) is 15.9. The monoisotopic (exact) mass is 671 g/mol. The molecule has 0 radical (unpaired) electrons. The van der Waals surface area contributed by atoms with Gasteiger partial charge < -0.3 is 9.32 Å². The molecule has 8 aromatic rings. The van der Waals surface area contributed by atoms with Crippen LogP contribution in [0.4, 0.5) is 17.1 Å². The van der Waals surface area contributed by atoms with Crippen molar-refractivity contribution in [2.24, 2.45) is 0 Å². The molecule has 0 fully saturated rings. The number of para-hydroxylation sites is 1.